The Labute approximate surface area is 188 Å². The van der Waals surface area contributed by atoms with Gasteiger partial charge in [0.1, 0.15) is 5.69 Å². The molecule has 5 aromatic heterocycles. The molecule has 0 unspecified atom stereocenters. The van der Waals surface area contributed by atoms with Crippen LogP contribution in [0.2, 0.25) is 0 Å². The van der Waals surface area contributed by atoms with Crippen LogP contribution in [0.4, 0.5) is 4.39 Å². The third kappa shape index (κ3) is 3.46. The molecule has 0 amide bonds. The van der Waals surface area contributed by atoms with Crippen LogP contribution in [0.25, 0.3) is 39.1 Å². The molecule has 0 bridgehead atoms. The number of nitrogens with zero attached hydrogens (tertiary/aromatic N) is 3. The fraction of sp³-hybridized carbons (Fsp3) is 0.0800. The predicted octanol–water partition coefficient (Wildman–Crippen LogP) is 6.45. The minimum absolute atomic E-state index is 0.215. The van der Waals surface area contributed by atoms with Gasteiger partial charge in [-0.3, -0.25) is 15.1 Å². The molecule has 0 saturated carbocycles. The second-order valence-electron chi connectivity index (χ2n) is 7.52. The van der Waals surface area contributed by atoms with Gasteiger partial charge in [-0.1, -0.05) is 18.7 Å². The molecule has 5 nitrogen and oxygen atoms in total. The Bertz CT molecular complexity index is 1490. The molecule has 0 aromatic carbocycles. The number of rotatable bonds is 5. The van der Waals surface area contributed by atoms with Gasteiger partial charge < -0.3 is 4.98 Å². The summed E-state index contributed by atoms with van der Waals surface area (Å²) in [4.78, 5) is 13.1. The van der Waals surface area contributed by atoms with E-state index in [1.54, 1.807) is 24.5 Å². The first kappa shape index (κ1) is 20.1. The topological polar surface area (TPSA) is 70.2 Å². The summed E-state index contributed by atoms with van der Waals surface area (Å²) >= 11 is 1.12. The number of fused-ring (bicyclic) bond motifs is 1. The molecular weight excluding hydrogens is 421 g/mol. The second kappa shape index (κ2) is 8.01. The number of pyridine rings is 2. The summed E-state index contributed by atoms with van der Waals surface area (Å²) in [5.74, 6) is 0. The van der Waals surface area contributed by atoms with Gasteiger partial charge >= 0.3 is 0 Å². The molecule has 0 spiro atoms. The van der Waals surface area contributed by atoms with Crippen molar-refractivity contribution >= 4 is 27.8 Å². The van der Waals surface area contributed by atoms with E-state index in [1.807, 2.05) is 44.3 Å². The summed E-state index contributed by atoms with van der Waals surface area (Å²) < 4.78 is 13.7. The zero-order valence-electron chi connectivity index (χ0n) is 17.6. The van der Waals surface area contributed by atoms with Crippen LogP contribution >= 0.6 is 11.3 Å². The molecule has 5 aromatic rings. The highest BCUT2D eigenvalue weighted by Crippen LogP contribution is 2.35. The van der Waals surface area contributed by atoms with Crippen molar-refractivity contribution in [2.24, 2.45) is 0 Å². The number of H-pyrrole nitrogens is 2. The minimum Gasteiger partial charge on any atom is -0.357 e. The number of aromatic amines is 2. The molecular formula is C25H20FN5S. The summed E-state index contributed by atoms with van der Waals surface area (Å²) in [7, 11) is 0. The van der Waals surface area contributed by atoms with Crippen molar-refractivity contribution in [3.05, 3.63) is 94.5 Å². The Morgan fingerprint density at radius 1 is 1.16 bits per heavy atom. The molecule has 5 heterocycles. The van der Waals surface area contributed by atoms with E-state index in [4.69, 9.17) is 0 Å². The summed E-state index contributed by atoms with van der Waals surface area (Å²) in [5, 5.41) is 8.37. The fourth-order valence-corrected chi connectivity index (χ4v) is 4.62. The molecule has 158 valence electrons. The standard InChI is InChI=1S/C25H20FN5S/c1-4-5-16(23-6-7-24(26)32-23)17-10-21(29-15(17)3)25-18-11-20(28-13-22(18)30-31-25)19-12-27-9-8-14(19)2/h4-13,29H,1H2,2-3H3,(H,30,31)/b16-5+. The molecule has 0 fully saturated rings. The smallest absolute Gasteiger partial charge is 0.176 e. The lowest BCUT2D eigenvalue weighted by Crippen LogP contribution is -1.88. The first-order valence-corrected chi connectivity index (χ1v) is 10.9. The average Bonchev–Trinajstić information content (AvgIpc) is 3.50. The quantitative estimate of drug-likeness (QED) is 0.308. The average molecular weight is 442 g/mol. The number of aromatic nitrogens is 5. The van der Waals surface area contributed by atoms with Gasteiger partial charge in [0.15, 0.2) is 5.13 Å². The first-order chi connectivity index (χ1) is 15.5. The van der Waals surface area contributed by atoms with Crippen LogP contribution in [0.1, 0.15) is 21.7 Å². The highest BCUT2D eigenvalue weighted by atomic mass is 32.1. The lowest BCUT2D eigenvalue weighted by atomic mass is 10.0. The van der Waals surface area contributed by atoms with E-state index >= 15 is 0 Å². The van der Waals surface area contributed by atoms with Crippen LogP contribution in [0.3, 0.4) is 0 Å². The van der Waals surface area contributed by atoms with Gasteiger partial charge in [0.25, 0.3) is 0 Å². The van der Waals surface area contributed by atoms with Crippen molar-refractivity contribution in [1.29, 1.82) is 0 Å². The Morgan fingerprint density at radius 2 is 2.03 bits per heavy atom. The van der Waals surface area contributed by atoms with Crippen LogP contribution in [-0.2, 0) is 0 Å². The van der Waals surface area contributed by atoms with Crippen LogP contribution in [0.15, 0.2) is 67.7 Å². The largest absolute Gasteiger partial charge is 0.357 e. The maximum atomic E-state index is 13.7. The van der Waals surface area contributed by atoms with Crippen LogP contribution in [-0.4, -0.2) is 25.1 Å². The summed E-state index contributed by atoms with van der Waals surface area (Å²) in [6.07, 6.45) is 9.02. The Balaban J connectivity index is 1.62. The molecule has 5 rings (SSSR count). The van der Waals surface area contributed by atoms with Crippen molar-refractivity contribution in [3.63, 3.8) is 0 Å². The number of aryl methyl sites for hydroxylation is 2. The van der Waals surface area contributed by atoms with Gasteiger partial charge in [-0.25, -0.2) is 0 Å². The van der Waals surface area contributed by atoms with E-state index < -0.39 is 0 Å². The highest BCUT2D eigenvalue weighted by Gasteiger charge is 2.18. The Morgan fingerprint density at radius 3 is 2.78 bits per heavy atom. The van der Waals surface area contributed by atoms with Crippen molar-refractivity contribution in [2.75, 3.05) is 0 Å². The third-order valence-corrected chi connectivity index (χ3v) is 6.35. The van der Waals surface area contributed by atoms with E-state index in [2.05, 4.69) is 31.7 Å². The van der Waals surface area contributed by atoms with Gasteiger partial charge in [0, 0.05) is 45.1 Å². The molecule has 0 aliphatic carbocycles. The van der Waals surface area contributed by atoms with Crippen LogP contribution < -0.4 is 0 Å². The minimum atomic E-state index is -0.215. The number of halogens is 1. The van der Waals surface area contributed by atoms with Crippen molar-refractivity contribution in [3.8, 4) is 22.6 Å². The van der Waals surface area contributed by atoms with Gasteiger partial charge in [-0.15, -0.1) is 11.3 Å². The number of hydrogen-bond donors (Lipinski definition) is 2. The Kier molecular flexibility index (Phi) is 5.03. The third-order valence-electron chi connectivity index (χ3n) is 5.45. The maximum absolute atomic E-state index is 13.7. The van der Waals surface area contributed by atoms with E-state index in [1.165, 1.54) is 6.07 Å². The van der Waals surface area contributed by atoms with E-state index in [9.17, 15) is 4.39 Å². The molecule has 7 heteroatoms. The fourth-order valence-electron chi connectivity index (χ4n) is 3.85. The van der Waals surface area contributed by atoms with Gasteiger partial charge in [-0.05, 0) is 49.7 Å². The molecule has 0 radical (unpaired) electrons. The Hall–Kier alpha value is -3.84. The normalized spacial score (nSPS) is 11.9. The summed E-state index contributed by atoms with van der Waals surface area (Å²) in [6, 6.07) is 9.32. The highest BCUT2D eigenvalue weighted by molar-refractivity contribution is 7.11. The molecule has 32 heavy (non-hydrogen) atoms. The zero-order chi connectivity index (χ0) is 22.2. The number of nitrogens with one attached hydrogen (secondary N) is 2. The zero-order valence-corrected chi connectivity index (χ0v) is 18.4. The van der Waals surface area contributed by atoms with Crippen molar-refractivity contribution < 1.29 is 4.39 Å². The van der Waals surface area contributed by atoms with Gasteiger partial charge in [-0.2, -0.15) is 9.49 Å². The number of thiophene rings is 1. The van der Waals surface area contributed by atoms with E-state index in [0.29, 0.717) is 0 Å². The summed E-state index contributed by atoms with van der Waals surface area (Å²) in [6.45, 7) is 7.87. The molecule has 0 aliphatic heterocycles. The van der Waals surface area contributed by atoms with E-state index in [-0.39, 0.29) is 5.13 Å². The van der Waals surface area contributed by atoms with Gasteiger partial charge in [0.05, 0.1) is 23.1 Å². The predicted molar refractivity (Wildman–Crippen MR) is 128 cm³/mol. The van der Waals surface area contributed by atoms with Gasteiger partial charge in [0.2, 0.25) is 0 Å². The lowest BCUT2D eigenvalue weighted by molar-refractivity contribution is 0.657. The number of allylic oxidation sites excluding steroid dienone is 2. The molecule has 0 atom stereocenters. The van der Waals surface area contributed by atoms with Crippen molar-refractivity contribution in [1.82, 2.24) is 25.1 Å². The van der Waals surface area contributed by atoms with Crippen LogP contribution in [0.5, 0.6) is 0 Å². The SMILES string of the molecule is C=C/C=C(/c1ccc(F)s1)c1cc(-c2n[nH]c3cnc(-c4cnccc4C)cc23)[nH]c1C. The molecule has 0 saturated heterocycles. The molecule has 2 N–H and O–H groups in total. The van der Waals surface area contributed by atoms with E-state index in [0.717, 1.165) is 72.2 Å². The lowest BCUT2D eigenvalue weighted by Gasteiger charge is -2.04. The first-order valence-electron chi connectivity index (χ1n) is 10.1. The summed E-state index contributed by atoms with van der Waals surface area (Å²) in [5.41, 5.74) is 8.33. The number of hydrogen-bond acceptors (Lipinski definition) is 4. The van der Waals surface area contributed by atoms with Crippen LogP contribution in [0, 0.1) is 19.0 Å². The molecule has 0 aliphatic rings. The monoisotopic (exact) mass is 441 g/mol. The maximum Gasteiger partial charge on any atom is 0.176 e. The second-order valence-corrected chi connectivity index (χ2v) is 8.55. The van der Waals surface area contributed by atoms with Crippen molar-refractivity contribution in [2.45, 2.75) is 13.8 Å².